The molecule has 25 heavy (non-hydrogen) atoms. The maximum atomic E-state index is 12.2. The van der Waals surface area contributed by atoms with E-state index in [1.54, 1.807) is 0 Å². The van der Waals surface area contributed by atoms with Crippen molar-refractivity contribution < 1.29 is 9.53 Å². The van der Waals surface area contributed by atoms with Crippen molar-refractivity contribution in [2.24, 2.45) is 0 Å². The molecule has 0 radical (unpaired) electrons. The van der Waals surface area contributed by atoms with Gasteiger partial charge in [-0.05, 0) is 30.2 Å². The maximum absolute atomic E-state index is 12.2. The third-order valence-corrected chi connectivity index (χ3v) is 4.53. The molecule has 0 unspecified atom stereocenters. The predicted molar refractivity (Wildman–Crippen MR) is 101 cm³/mol. The number of carbonyl (C=O) groups is 1. The number of nitrogens with one attached hydrogen (secondary N) is 1. The lowest BCUT2D eigenvalue weighted by Crippen LogP contribution is -2.45. The van der Waals surface area contributed by atoms with Crippen molar-refractivity contribution in [3.63, 3.8) is 0 Å². The molecule has 1 atom stereocenters. The Bertz CT molecular complexity index is 721. The zero-order valence-electron chi connectivity index (χ0n) is 14.4. The number of benzene rings is 2. The lowest BCUT2D eigenvalue weighted by molar-refractivity contribution is -0.121. The van der Waals surface area contributed by atoms with Gasteiger partial charge in [0.25, 0.3) is 0 Å². The summed E-state index contributed by atoms with van der Waals surface area (Å²) in [6.45, 7) is 3.95. The van der Waals surface area contributed by atoms with Crippen molar-refractivity contribution in [3.8, 4) is 5.75 Å². The number of nitrogens with zero attached hydrogens (tertiary/aromatic N) is 1. The Labute approximate surface area is 153 Å². The molecular weight excluding hydrogens is 336 g/mol. The van der Waals surface area contributed by atoms with Gasteiger partial charge < -0.3 is 15.0 Å². The van der Waals surface area contributed by atoms with Crippen LogP contribution in [0.1, 0.15) is 25.3 Å². The van der Waals surface area contributed by atoms with Gasteiger partial charge in [-0.1, -0.05) is 48.9 Å². The highest BCUT2D eigenvalue weighted by Crippen LogP contribution is 2.37. The van der Waals surface area contributed by atoms with E-state index in [1.165, 1.54) is 5.56 Å². The summed E-state index contributed by atoms with van der Waals surface area (Å²) in [6.07, 6.45) is 1.33. The number of amides is 1. The molecule has 0 bridgehead atoms. The summed E-state index contributed by atoms with van der Waals surface area (Å²) in [5.74, 6) is 0.865. The van der Waals surface area contributed by atoms with Gasteiger partial charge >= 0.3 is 0 Å². The minimum absolute atomic E-state index is 0.0250. The van der Waals surface area contributed by atoms with Crippen LogP contribution in [0.25, 0.3) is 0 Å². The number of rotatable bonds is 6. The first-order valence-electron chi connectivity index (χ1n) is 8.67. The van der Waals surface area contributed by atoms with Crippen LogP contribution in [0.15, 0.2) is 48.5 Å². The van der Waals surface area contributed by atoms with Crippen molar-refractivity contribution in [1.82, 2.24) is 5.32 Å². The fourth-order valence-electron chi connectivity index (χ4n) is 3.02. The normalized spacial score (nSPS) is 16.1. The molecule has 0 saturated carbocycles. The largest absolute Gasteiger partial charge is 0.489 e. The minimum atomic E-state index is -0.0250. The Hall–Kier alpha value is -2.20. The van der Waals surface area contributed by atoms with E-state index in [0.29, 0.717) is 31.1 Å². The van der Waals surface area contributed by atoms with E-state index in [4.69, 9.17) is 16.3 Å². The first-order chi connectivity index (χ1) is 12.2. The molecule has 0 fully saturated rings. The van der Waals surface area contributed by atoms with E-state index in [-0.39, 0.29) is 11.9 Å². The molecule has 5 heteroatoms. The fourth-order valence-corrected chi connectivity index (χ4v) is 3.19. The van der Waals surface area contributed by atoms with Crippen molar-refractivity contribution in [1.29, 1.82) is 0 Å². The van der Waals surface area contributed by atoms with Crippen molar-refractivity contribution in [2.45, 2.75) is 32.4 Å². The average molecular weight is 359 g/mol. The van der Waals surface area contributed by atoms with E-state index in [0.717, 1.165) is 17.9 Å². The number of carbonyl (C=O) groups excluding carboxylic acids is 1. The molecule has 1 N–H and O–H groups in total. The van der Waals surface area contributed by atoms with Gasteiger partial charge in [0.05, 0.1) is 18.2 Å². The first-order valence-corrected chi connectivity index (χ1v) is 9.04. The van der Waals surface area contributed by atoms with Gasteiger partial charge in [0.15, 0.2) is 0 Å². The van der Waals surface area contributed by atoms with E-state index in [2.05, 4.69) is 22.3 Å². The zero-order chi connectivity index (χ0) is 17.6. The van der Waals surface area contributed by atoms with E-state index in [1.807, 2.05) is 43.3 Å². The Morgan fingerprint density at radius 1 is 1.28 bits per heavy atom. The summed E-state index contributed by atoms with van der Waals surface area (Å²) in [7, 11) is 0. The second kappa shape index (κ2) is 8.26. The molecule has 3 rings (SSSR count). The second-order valence-corrected chi connectivity index (χ2v) is 6.68. The number of anilines is 1. The van der Waals surface area contributed by atoms with Crippen molar-refractivity contribution >= 4 is 23.2 Å². The molecule has 2 aromatic carbocycles. The lowest BCUT2D eigenvalue weighted by atomic mass is 10.1. The summed E-state index contributed by atoms with van der Waals surface area (Å²) in [4.78, 5) is 14.5. The SMILES string of the molecule is CCCNC(=O)C[C@H]1COc2ccc(Cl)cc2N1Cc1ccccc1. The van der Waals surface area contributed by atoms with Crippen LogP contribution in [0.5, 0.6) is 5.75 Å². The molecule has 1 amide bonds. The lowest BCUT2D eigenvalue weighted by Gasteiger charge is -2.38. The molecule has 0 saturated heterocycles. The average Bonchev–Trinajstić information content (AvgIpc) is 2.63. The molecule has 0 aliphatic carbocycles. The third-order valence-electron chi connectivity index (χ3n) is 4.29. The Balaban J connectivity index is 1.85. The van der Waals surface area contributed by atoms with Crippen LogP contribution in [0.3, 0.4) is 0 Å². The van der Waals surface area contributed by atoms with Gasteiger partial charge in [0.2, 0.25) is 5.91 Å². The second-order valence-electron chi connectivity index (χ2n) is 6.24. The standard InChI is InChI=1S/C20H23ClN2O2/c1-2-10-22-20(24)12-17-14-25-19-9-8-16(21)11-18(19)23(17)13-15-6-4-3-5-7-15/h3-9,11,17H,2,10,12-14H2,1H3,(H,22,24)/t17-/m0/s1. The molecule has 1 aliphatic heterocycles. The van der Waals surface area contributed by atoms with Gasteiger partial charge in [0, 0.05) is 18.1 Å². The number of fused-ring (bicyclic) bond motifs is 1. The summed E-state index contributed by atoms with van der Waals surface area (Å²) in [6, 6.07) is 15.8. The van der Waals surface area contributed by atoms with Crippen LogP contribution in [-0.4, -0.2) is 25.1 Å². The van der Waals surface area contributed by atoms with Crippen LogP contribution in [0.4, 0.5) is 5.69 Å². The minimum Gasteiger partial charge on any atom is -0.489 e. The zero-order valence-corrected chi connectivity index (χ0v) is 15.1. The Morgan fingerprint density at radius 3 is 2.84 bits per heavy atom. The monoisotopic (exact) mass is 358 g/mol. The quantitative estimate of drug-likeness (QED) is 0.847. The van der Waals surface area contributed by atoms with Crippen LogP contribution < -0.4 is 15.0 Å². The summed E-state index contributed by atoms with van der Waals surface area (Å²) < 4.78 is 5.88. The highest BCUT2D eigenvalue weighted by atomic mass is 35.5. The van der Waals surface area contributed by atoms with Crippen molar-refractivity contribution in [3.05, 3.63) is 59.1 Å². The number of ether oxygens (including phenoxy) is 1. The highest BCUT2D eigenvalue weighted by Gasteiger charge is 2.29. The Morgan fingerprint density at radius 2 is 2.08 bits per heavy atom. The van der Waals surface area contributed by atoms with E-state index < -0.39 is 0 Å². The topological polar surface area (TPSA) is 41.6 Å². The molecule has 4 nitrogen and oxygen atoms in total. The van der Waals surface area contributed by atoms with Crippen LogP contribution in [0.2, 0.25) is 5.02 Å². The van der Waals surface area contributed by atoms with Gasteiger partial charge in [-0.25, -0.2) is 0 Å². The van der Waals surface area contributed by atoms with Crippen LogP contribution in [0, 0.1) is 0 Å². The van der Waals surface area contributed by atoms with Gasteiger partial charge in [-0.3, -0.25) is 4.79 Å². The molecule has 0 aromatic heterocycles. The summed E-state index contributed by atoms with van der Waals surface area (Å²) in [5.41, 5.74) is 2.13. The number of hydrogen-bond acceptors (Lipinski definition) is 3. The van der Waals surface area contributed by atoms with E-state index >= 15 is 0 Å². The Kier molecular flexibility index (Phi) is 5.82. The maximum Gasteiger partial charge on any atom is 0.222 e. The molecule has 1 aliphatic rings. The first kappa shape index (κ1) is 17.6. The van der Waals surface area contributed by atoms with Gasteiger partial charge in [-0.15, -0.1) is 0 Å². The molecule has 0 spiro atoms. The molecule has 1 heterocycles. The molecule has 2 aromatic rings. The van der Waals surface area contributed by atoms with Gasteiger partial charge in [-0.2, -0.15) is 0 Å². The smallest absolute Gasteiger partial charge is 0.222 e. The molecule has 132 valence electrons. The van der Waals surface area contributed by atoms with Crippen molar-refractivity contribution in [2.75, 3.05) is 18.1 Å². The predicted octanol–water partition coefficient (Wildman–Crippen LogP) is 4.02. The summed E-state index contributed by atoms with van der Waals surface area (Å²) >= 11 is 6.21. The van der Waals surface area contributed by atoms with E-state index in [9.17, 15) is 4.79 Å². The van der Waals surface area contributed by atoms with Gasteiger partial charge in [0.1, 0.15) is 12.4 Å². The fraction of sp³-hybridized carbons (Fsp3) is 0.350. The van der Waals surface area contributed by atoms with Crippen LogP contribution in [-0.2, 0) is 11.3 Å². The highest BCUT2D eigenvalue weighted by molar-refractivity contribution is 6.31. The summed E-state index contributed by atoms with van der Waals surface area (Å²) in [5, 5.41) is 3.62. The van der Waals surface area contributed by atoms with Crippen LogP contribution >= 0.6 is 11.6 Å². The third kappa shape index (κ3) is 4.45. The number of hydrogen-bond donors (Lipinski definition) is 1. The molecular formula is C20H23ClN2O2. The number of halogens is 1.